The number of carbonyl (C=O) groups excluding carboxylic acids is 1. The number of carbonyl (C=O) groups is 1. The summed E-state index contributed by atoms with van der Waals surface area (Å²) in [5, 5.41) is 4.26. The molecule has 3 aliphatic rings. The van der Waals surface area contributed by atoms with E-state index < -0.39 is 0 Å². The second-order valence-corrected chi connectivity index (χ2v) is 8.51. The van der Waals surface area contributed by atoms with E-state index in [9.17, 15) is 4.79 Å². The van der Waals surface area contributed by atoms with Crippen LogP contribution in [-0.2, 0) is 0 Å². The lowest BCUT2D eigenvalue weighted by atomic mass is 9.79. The number of hydrogen-bond donors (Lipinski definition) is 1. The summed E-state index contributed by atoms with van der Waals surface area (Å²) in [7, 11) is 0. The van der Waals surface area contributed by atoms with Gasteiger partial charge < -0.3 is 5.32 Å². The number of hydrogen-bond acceptors (Lipinski definition) is 4. The fraction of sp³-hybridized carbons (Fsp3) is 0.429. The maximum atomic E-state index is 12.7. The number of pyridine rings is 1. The molecule has 1 N–H and O–H groups in total. The van der Waals surface area contributed by atoms with Gasteiger partial charge in [0.05, 0.1) is 0 Å². The van der Waals surface area contributed by atoms with Crippen molar-refractivity contribution >= 4 is 17.7 Å². The molecule has 3 fully saturated rings. The molecule has 0 spiro atoms. The molecule has 2 aromatic rings. The molecule has 0 saturated carbocycles. The van der Waals surface area contributed by atoms with Crippen molar-refractivity contribution in [2.45, 2.75) is 48.7 Å². The molecule has 1 aromatic carbocycles. The predicted octanol–water partition coefficient (Wildman–Crippen LogP) is 3.75. The lowest BCUT2D eigenvalue weighted by molar-refractivity contribution is 0.0217. The van der Waals surface area contributed by atoms with Gasteiger partial charge in [0.2, 0.25) is 0 Å². The molecule has 0 aliphatic carbocycles. The van der Waals surface area contributed by atoms with E-state index in [1.807, 2.05) is 43.5 Å². The van der Waals surface area contributed by atoms with Crippen LogP contribution in [-0.4, -0.2) is 41.0 Å². The van der Waals surface area contributed by atoms with Gasteiger partial charge in [-0.1, -0.05) is 17.8 Å². The monoisotopic (exact) mass is 367 g/mol. The summed E-state index contributed by atoms with van der Waals surface area (Å²) in [5.74, 6) is 0.669. The fourth-order valence-electron chi connectivity index (χ4n) is 4.09. The number of nitrogens with zero attached hydrogens (tertiary/aromatic N) is 2. The second-order valence-electron chi connectivity index (χ2n) is 7.41. The Morgan fingerprint density at radius 3 is 2.50 bits per heavy atom. The normalized spacial score (nSPS) is 27.3. The molecule has 136 valence electrons. The first-order valence-electron chi connectivity index (χ1n) is 9.35. The first-order valence-corrected chi connectivity index (χ1v) is 10.2. The number of amides is 1. The van der Waals surface area contributed by atoms with Crippen molar-refractivity contribution in [2.24, 2.45) is 5.92 Å². The summed E-state index contributed by atoms with van der Waals surface area (Å²) >= 11 is 1.61. The molecule has 0 radical (unpaired) electrons. The van der Waals surface area contributed by atoms with Crippen LogP contribution in [0.1, 0.15) is 35.7 Å². The molecule has 4 heterocycles. The zero-order valence-electron chi connectivity index (χ0n) is 15.3. The maximum absolute atomic E-state index is 12.7. The van der Waals surface area contributed by atoms with Crippen LogP contribution in [0, 0.1) is 12.8 Å². The largest absolute Gasteiger partial charge is 0.347 e. The van der Waals surface area contributed by atoms with E-state index in [-0.39, 0.29) is 11.9 Å². The number of nitrogens with one attached hydrogen (secondary N) is 1. The Bertz CT molecular complexity index is 765. The molecule has 2 bridgehead atoms. The van der Waals surface area contributed by atoms with Crippen molar-refractivity contribution in [3.8, 4) is 0 Å². The zero-order valence-corrected chi connectivity index (χ0v) is 16.1. The third-order valence-electron chi connectivity index (χ3n) is 5.70. The quantitative estimate of drug-likeness (QED) is 0.894. The van der Waals surface area contributed by atoms with Crippen molar-refractivity contribution in [3.63, 3.8) is 0 Å². The van der Waals surface area contributed by atoms with Crippen LogP contribution in [0.15, 0.2) is 52.5 Å². The molecule has 5 heteroatoms. The third kappa shape index (κ3) is 3.64. The van der Waals surface area contributed by atoms with Crippen LogP contribution in [0.25, 0.3) is 0 Å². The number of piperidine rings is 3. The molecule has 2 unspecified atom stereocenters. The third-order valence-corrected chi connectivity index (χ3v) is 6.66. The van der Waals surface area contributed by atoms with Gasteiger partial charge in [-0.2, -0.15) is 0 Å². The SMILES string of the molecule is Cc1ccc(Sc2ccc(C(=O)NC3C4CCN(CC4)C3C)cc2)nc1. The molecule has 26 heavy (non-hydrogen) atoms. The highest BCUT2D eigenvalue weighted by atomic mass is 32.2. The van der Waals surface area contributed by atoms with Gasteiger partial charge in [-0.3, -0.25) is 9.69 Å². The minimum Gasteiger partial charge on any atom is -0.347 e. The highest BCUT2D eigenvalue weighted by Crippen LogP contribution is 2.32. The van der Waals surface area contributed by atoms with Gasteiger partial charge >= 0.3 is 0 Å². The van der Waals surface area contributed by atoms with Gasteiger partial charge in [-0.25, -0.2) is 4.98 Å². The predicted molar refractivity (Wildman–Crippen MR) is 105 cm³/mol. The molecular formula is C21H25N3OS. The van der Waals surface area contributed by atoms with Gasteiger partial charge in [0.15, 0.2) is 0 Å². The maximum Gasteiger partial charge on any atom is 0.251 e. The van der Waals surface area contributed by atoms with Gasteiger partial charge in [0.25, 0.3) is 5.91 Å². The highest BCUT2D eigenvalue weighted by Gasteiger charge is 2.40. The van der Waals surface area contributed by atoms with Crippen molar-refractivity contribution in [3.05, 3.63) is 53.7 Å². The van der Waals surface area contributed by atoms with E-state index >= 15 is 0 Å². The summed E-state index contributed by atoms with van der Waals surface area (Å²) in [6.07, 6.45) is 4.28. The first kappa shape index (κ1) is 17.6. The van der Waals surface area contributed by atoms with E-state index in [0.717, 1.165) is 21.0 Å². The Morgan fingerprint density at radius 1 is 1.15 bits per heavy atom. The van der Waals surface area contributed by atoms with Gasteiger partial charge in [0.1, 0.15) is 5.03 Å². The summed E-state index contributed by atoms with van der Waals surface area (Å²) in [6.45, 7) is 6.63. The van der Waals surface area contributed by atoms with Crippen molar-refractivity contribution in [2.75, 3.05) is 13.1 Å². The molecule has 4 nitrogen and oxygen atoms in total. The lowest BCUT2D eigenvalue weighted by Crippen LogP contribution is -2.62. The minimum absolute atomic E-state index is 0.0422. The van der Waals surface area contributed by atoms with E-state index in [1.54, 1.807) is 11.8 Å². The number of aromatic nitrogens is 1. The molecule has 3 saturated heterocycles. The molecule has 2 atom stereocenters. The van der Waals surface area contributed by atoms with Crippen LogP contribution < -0.4 is 5.32 Å². The fourth-order valence-corrected chi connectivity index (χ4v) is 4.84. The van der Waals surface area contributed by atoms with Gasteiger partial charge in [-0.05, 0) is 81.6 Å². The van der Waals surface area contributed by atoms with E-state index in [4.69, 9.17) is 0 Å². The highest BCUT2D eigenvalue weighted by molar-refractivity contribution is 7.99. The Balaban J connectivity index is 1.40. The number of aryl methyl sites for hydroxylation is 1. The average molecular weight is 368 g/mol. The Labute approximate surface area is 159 Å². The van der Waals surface area contributed by atoms with E-state index in [1.165, 1.54) is 25.9 Å². The Kier molecular flexibility index (Phi) is 5.00. The molecule has 5 rings (SSSR count). The van der Waals surface area contributed by atoms with E-state index in [0.29, 0.717) is 12.0 Å². The smallest absolute Gasteiger partial charge is 0.251 e. The molecule has 1 aromatic heterocycles. The molecule has 1 amide bonds. The number of fused-ring (bicyclic) bond motifs is 3. The Hall–Kier alpha value is -1.85. The van der Waals surface area contributed by atoms with Crippen LogP contribution >= 0.6 is 11.8 Å². The molecule has 3 aliphatic heterocycles. The number of rotatable bonds is 4. The summed E-state index contributed by atoms with van der Waals surface area (Å²) in [5.41, 5.74) is 1.89. The number of benzene rings is 1. The summed E-state index contributed by atoms with van der Waals surface area (Å²) in [6, 6.07) is 12.6. The Morgan fingerprint density at radius 2 is 1.88 bits per heavy atom. The van der Waals surface area contributed by atoms with Gasteiger partial charge in [-0.15, -0.1) is 0 Å². The minimum atomic E-state index is 0.0422. The topological polar surface area (TPSA) is 45.2 Å². The second kappa shape index (κ2) is 7.41. The van der Waals surface area contributed by atoms with E-state index in [2.05, 4.69) is 28.2 Å². The van der Waals surface area contributed by atoms with Crippen molar-refractivity contribution in [1.29, 1.82) is 0 Å². The zero-order chi connectivity index (χ0) is 18.1. The molecular weight excluding hydrogens is 342 g/mol. The van der Waals surface area contributed by atoms with Gasteiger partial charge in [0, 0.05) is 28.7 Å². The lowest BCUT2D eigenvalue weighted by Gasteiger charge is -2.49. The van der Waals surface area contributed by atoms with Crippen LogP contribution in [0.2, 0.25) is 0 Å². The van der Waals surface area contributed by atoms with Crippen molar-refractivity contribution in [1.82, 2.24) is 15.2 Å². The van der Waals surface area contributed by atoms with Crippen LogP contribution in [0.3, 0.4) is 0 Å². The summed E-state index contributed by atoms with van der Waals surface area (Å²) < 4.78 is 0. The van der Waals surface area contributed by atoms with Crippen molar-refractivity contribution < 1.29 is 4.79 Å². The van der Waals surface area contributed by atoms with Crippen LogP contribution in [0.4, 0.5) is 0 Å². The average Bonchev–Trinajstić information content (AvgIpc) is 2.67. The first-order chi connectivity index (χ1) is 12.6. The summed E-state index contributed by atoms with van der Waals surface area (Å²) in [4.78, 5) is 20.7. The standard InChI is InChI=1S/C21H25N3OS/c1-14-3-8-19(22-13-14)26-18-6-4-17(5-7-18)21(25)23-20-15(2)24-11-9-16(20)10-12-24/h3-8,13,15-16,20H,9-12H2,1-2H3,(H,23,25). The van der Waals surface area contributed by atoms with Crippen LogP contribution in [0.5, 0.6) is 0 Å².